The van der Waals surface area contributed by atoms with Gasteiger partial charge in [-0.15, -0.1) is 0 Å². The van der Waals surface area contributed by atoms with Crippen molar-refractivity contribution in [2.24, 2.45) is 5.10 Å². The molecule has 0 saturated heterocycles. The van der Waals surface area contributed by atoms with Gasteiger partial charge in [-0.3, -0.25) is 14.4 Å². The fourth-order valence-corrected chi connectivity index (χ4v) is 2.53. The Morgan fingerprint density at radius 3 is 2.58 bits per heavy atom. The summed E-state index contributed by atoms with van der Waals surface area (Å²) >= 11 is 0. The number of carboxylic acid groups (broad SMARTS) is 1. The minimum atomic E-state index is -0.823. The molecular formula is C18H22FN3O4. The number of rotatable bonds is 9. The van der Waals surface area contributed by atoms with Crippen molar-refractivity contribution >= 4 is 23.5 Å². The summed E-state index contributed by atoms with van der Waals surface area (Å²) in [5.41, 5.74) is 1.01. The number of carbonyl (C=O) groups excluding carboxylic acids is 2. The molecule has 0 bridgehead atoms. The third kappa shape index (κ3) is 6.27. The number of hydrazone groups is 1. The molecule has 2 N–H and O–H groups in total. The highest BCUT2D eigenvalue weighted by atomic mass is 19.1. The molecule has 0 radical (unpaired) electrons. The molecule has 1 aromatic rings. The van der Waals surface area contributed by atoms with Crippen LogP contribution < -0.4 is 5.32 Å². The van der Waals surface area contributed by atoms with E-state index in [1.54, 1.807) is 12.1 Å². The highest BCUT2D eigenvalue weighted by Crippen LogP contribution is 2.14. The van der Waals surface area contributed by atoms with Crippen LogP contribution in [0.15, 0.2) is 29.4 Å². The molecular weight excluding hydrogens is 341 g/mol. The highest BCUT2D eigenvalue weighted by molar-refractivity contribution is 6.39. The summed E-state index contributed by atoms with van der Waals surface area (Å²) in [4.78, 5) is 34.6. The first-order chi connectivity index (χ1) is 12.5. The summed E-state index contributed by atoms with van der Waals surface area (Å²) in [7, 11) is 0. The lowest BCUT2D eigenvalue weighted by Gasteiger charge is -2.23. The number of halogens is 1. The molecule has 26 heavy (non-hydrogen) atoms. The third-order valence-electron chi connectivity index (χ3n) is 3.97. The van der Waals surface area contributed by atoms with Gasteiger partial charge in [-0.2, -0.15) is 5.10 Å². The minimum Gasteiger partial charge on any atom is -0.481 e. The normalized spacial score (nSPS) is 14.1. The lowest BCUT2D eigenvalue weighted by atomic mass is 10.1. The van der Waals surface area contributed by atoms with Crippen LogP contribution in [0.1, 0.15) is 44.1 Å². The Hall–Kier alpha value is -2.77. The Morgan fingerprint density at radius 2 is 1.88 bits per heavy atom. The molecule has 8 heteroatoms. The number of nitrogens with one attached hydrogen (secondary N) is 1. The molecule has 1 aliphatic rings. The second-order valence-corrected chi connectivity index (χ2v) is 6.08. The predicted octanol–water partition coefficient (Wildman–Crippen LogP) is 2.07. The summed E-state index contributed by atoms with van der Waals surface area (Å²) in [6, 6.07) is 5.77. The largest absolute Gasteiger partial charge is 0.481 e. The smallest absolute Gasteiger partial charge is 0.303 e. The quantitative estimate of drug-likeness (QED) is 0.656. The van der Waals surface area contributed by atoms with Crippen LogP contribution in [0.4, 0.5) is 4.39 Å². The predicted molar refractivity (Wildman–Crippen MR) is 92.7 cm³/mol. The van der Waals surface area contributed by atoms with Gasteiger partial charge in [-0.05, 0) is 30.5 Å². The molecule has 140 valence electrons. The van der Waals surface area contributed by atoms with E-state index < -0.39 is 5.97 Å². The summed E-state index contributed by atoms with van der Waals surface area (Å²) in [5, 5.41) is 16.7. The summed E-state index contributed by atoms with van der Waals surface area (Å²) in [6.07, 6.45) is 2.58. The van der Waals surface area contributed by atoms with Crippen molar-refractivity contribution in [3.05, 3.63) is 35.6 Å². The molecule has 2 rings (SSSR count). The second-order valence-electron chi connectivity index (χ2n) is 6.08. The van der Waals surface area contributed by atoms with Gasteiger partial charge in [0.25, 0.3) is 5.91 Å². The fourth-order valence-electron chi connectivity index (χ4n) is 2.53. The van der Waals surface area contributed by atoms with Crippen LogP contribution in [0, 0.1) is 5.82 Å². The van der Waals surface area contributed by atoms with Gasteiger partial charge in [-0.1, -0.05) is 18.6 Å². The van der Waals surface area contributed by atoms with Crippen LogP contribution in [0.2, 0.25) is 0 Å². The number of nitrogens with zero attached hydrogens (tertiary/aromatic N) is 2. The molecule has 1 aliphatic heterocycles. The Balaban J connectivity index is 1.83. The summed E-state index contributed by atoms with van der Waals surface area (Å²) in [5.74, 6) is -1.68. The number of carboxylic acids is 1. The molecule has 1 heterocycles. The van der Waals surface area contributed by atoms with Crippen molar-refractivity contribution in [3.63, 3.8) is 0 Å². The first-order valence-corrected chi connectivity index (χ1v) is 8.58. The lowest BCUT2D eigenvalue weighted by molar-refractivity contribution is -0.137. The fraction of sp³-hybridized carbons (Fsp3) is 0.444. The number of carbonyl (C=O) groups is 3. The summed E-state index contributed by atoms with van der Waals surface area (Å²) < 4.78 is 13.0. The van der Waals surface area contributed by atoms with Gasteiger partial charge >= 0.3 is 5.97 Å². The van der Waals surface area contributed by atoms with Gasteiger partial charge < -0.3 is 10.4 Å². The van der Waals surface area contributed by atoms with E-state index in [0.717, 1.165) is 5.56 Å². The van der Waals surface area contributed by atoms with E-state index in [1.165, 1.54) is 17.1 Å². The van der Waals surface area contributed by atoms with Crippen LogP contribution in [0.3, 0.4) is 0 Å². The van der Waals surface area contributed by atoms with E-state index in [0.29, 0.717) is 25.8 Å². The van der Waals surface area contributed by atoms with Crippen LogP contribution >= 0.6 is 0 Å². The van der Waals surface area contributed by atoms with Crippen molar-refractivity contribution in [2.75, 3.05) is 6.54 Å². The van der Waals surface area contributed by atoms with Crippen molar-refractivity contribution < 1.29 is 23.9 Å². The van der Waals surface area contributed by atoms with Crippen LogP contribution in [0.25, 0.3) is 0 Å². The number of hydrogen-bond donors (Lipinski definition) is 2. The Morgan fingerprint density at radius 1 is 1.15 bits per heavy atom. The maximum atomic E-state index is 13.0. The molecule has 0 aliphatic carbocycles. The first-order valence-electron chi connectivity index (χ1n) is 8.58. The topological polar surface area (TPSA) is 99.1 Å². The maximum absolute atomic E-state index is 13.0. The molecule has 1 aromatic carbocycles. The van der Waals surface area contributed by atoms with E-state index in [1.807, 2.05) is 0 Å². The molecule has 0 saturated carbocycles. The highest BCUT2D eigenvalue weighted by Gasteiger charge is 2.24. The molecule has 0 aromatic heterocycles. The van der Waals surface area contributed by atoms with Gasteiger partial charge in [-0.25, -0.2) is 9.40 Å². The second kappa shape index (κ2) is 9.65. The molecule has 7 nitrogen and oxygen atoms in total. The van der Waals surface area contributed by atoms with Crippen molar-refractivity contribution in [2.45, 2.75) is 45.1 Å². The van der Waals surface area contributed by atoms with E-state index in [-0.39, 0.29) is 49.2 Å². The Labute approximate surface area is 150 Å². The van der Waals surface area contributed by atoms with Crippen LogP contribution in [-0.2, 0) is 20.9 Å². The van der Waals surface area contributed by atoms with Gasteiger partial charge in [0.05, 0.1) is 6.54 Å². The van der Waals surface area contributed by atoms with Crippen LogP contribution in [0.5, 0.6) is 0 Å². The number of hydrogen-bond acceptors (Lipinski definition) is 4. The van der Waals surface area contributed by atoms with Gasteiger partial charge in [0.15, 0.2) is 0 Å². The van der Waals surface area contributed by atoms with Crippen LogP contribution in [-0.4, -0.2) is 40.2 Å². The zero-order chi connectivity index (χ0) is 18.9. The average Bonchev–Trinajstić information content (AvgIpc) is 2.61. The van der Waals surface area contributed by atoms with Gasteiger partial charge in [0.2, 0.25) is 5.91 Å². The van der Waals surface area contributed by atoms with E-state index in [2.05, 4.69) is 10.4 Å². The van der Waals surface area contributed by atoms with Crippen molar-refractivity contribution in [3.8, 4) is 0 Å². The molecule has 2 amide bonds. The maximum Gasteiger partial charge on any atom is 0.303 e. The number of benzene rings is 1. The van der Waals surface area contributed by atoms with Gasteiger partial charge in [0, 0.05) is 25.8 Å². The third-order valence-corrected chi connectivity index (χ3v) is 3.97. The number of amides is 2. The standard InChI is InChI=1S/C18H22FN3O4/c19-14-7-5-13(6-8-14)12-22-16(23)10-9-15(21-22)18(26)20-11-3-1-2-4-17(24)25/h5-8H,1-4,9-12H2,(H,20,26)(H,24,25). The van der Waals surface area contributed by atoms with Crippen molar-refractivity contribution in [1.82, 2.24) is 10.3 Å². The molecule has 0 atom stereocenters. The number of aliphatic carboxylic acids is 1. The molecule has 0 unspecified atom stereocenters. The molecule has 0 fully saturated rings. The SMILES string of the molecule is O=C(O)CCCCCNC(=O)C1=NN(Cc2ccc(F)cc2)C(=O)CC1. The Kier molecular flexibility index (Phi) is 7.25. The minimum absolute atomic E-state index is 0.126. The molecule has 0 spiro atoms. The van der Waals surface area contributed by atoms with E-state index >= 15 is 0 Å². The average molecular weight is 363 g/mol. The van der Waals surface area contributed by atoms with E-state index in [9.17, 15) is 18.8 Å². The first kappa shape index (κ1) is 19.6. The lowest BCUT2D eigenvalue weighted by Crippen LogP contribution is -2.39. The monoisotopic (exact) mass is 363 g/mol. The number of unbranched alkanes of at least 4 members (excludes halogenated alkanes) is 2. The van der Waals surface area contributed by atoms with Crippen molar-refractivity contribution in [1.29, 1.82) is 0 Å². The van der Waals surface area contributed by atoms with E-state index in [4.69, 9.17) is 5.11 Å². The zero-order valence-electron chi connectivity index (χ0n) is 14.4. The Bertz CT molecular complexity index is 688. The summed E-state index contributed by atoms with van der Waals surface area (Å²) in [6.45, 7) is 0.620. The zero-order valence-corrected chi connectivity index (χ0v) is 14.4. The van der Waals surface area contributed by atoms with Gasteiger partial charge in [0.1, 0.15) is 11.5 Å².